The molecule has 3 aromatic rings. The van der Waals surface area contributed by atoms with Gasteiger partial charge >= 0.3 is 0 Å². The van der Waals surface area contributed by atoms with E-state index in [1.54, 1.807) is 54.6 Å². The van der Waals surface area contributed by atoms with Crippen molar-refractivity contribution < 1.29 is 19.1 Å². The van der Waals surface area contributed by atoms with Crippen LogP contribution in [-0.2, 0) is 6.54 Å². The maximum absolute atomic E-state index is 12.8. The van der Waals surface area contributed by atoms with E-state index in [2.05, 4.69) is 10.3 Å². The maximum atomic E-state index is 12.8. The SMILES string of the molecule is COc1ccc(CN2C(=O)c3ccccc3C2=O)cc1C(=O)Nc1cccc(C)n1. The first-order chi connectivity index (χ1) is 14.5. The summed E-state index contributed by atoms with van der Waals surface area (Å²) in [5.41, 5.74) is 2.47. The Balaban J connectivity index is 1.60. The highest BCUT2D eigenvalue weighted by Crippen LogP contribution is 2.26. The molecule has 0 radical (unpaired) electrons. The summed E-state index contributed by atoms with van der Waals surface area (Å²) >= 11 is 0. The van der Waals surface area contributed by atoms with Crippen LogP contribution < -0.4 is 10.1 Å². The zero-order valence-electron chi connectivity index (χ0n) is 16.5. The highest BCUT2D eigenvalue weighted by molar-refractivity contribution is 6.21. The minimum atomic E-state index is -0.394. The van der Waals surface area contributed by atoms with Crippen molar-refractivity contribution in [1.29, 1.82) is 0 Å². The molecule has 7 heteroatoms. The number of fused-ring (bicyclic) bond motifs is 1. The van der Waals surface area contributed by atoms with Crippen molar-refractivity contribution in [3.63, 3.8) is 0 Å². The van der Waals surface area contributed by atoms with E-state index in [-0.39, 0.29) is 23.9 Å². The Morgan fingerprint density at radius 1 is 1.00 bits per heavy atom. The van der Waals surface area contributed by atoms with Crippen LogP contribution in [0, 0.1) is 6.92 Å². The third kappa shape index (κ3) is 3.53. The number of rotatable bonds is 5. The van der Waals surface area contributed by atoms with Crippen LogP contribution in [0.3, 0.4) is 0 Å². The Labute approximate surface area is 173 Å². The summed E-state index contributed by atoms with van der Waals surface area (Å²) in [6.45, 7) is 1.89. The molecule has 2 aromatic carbocycles. The number of aryl methyl sites for hydroxylation is 1. The highest BCUT2D eigenvalue weighted by atomic mass is 16.5. The van der Waals surface area contributed by atoms with Gasteiger partial charge in [-0.15, -0.1) is 0 Å². The molecule has 150 valence electrons. The van der Waals surface area contributed by atoms with Crippen LogP contribution in [0.5, 0.6) is 5.75 Å². The molecule has 0 fully saturated rings. The molecule has 1 aliphatic heterocycles. The summed E-state index contributed by atoms with van der Waals surface area (Å²) in [5, 5.41) is 2.75. The van der Waals surface area contributed by atoms with Crippen molar-refractivity contribution in [1.82, 2.24) is 9.88 Å². The number of ether oxygens (including phenoxy) is 1. The number of hydrogen-bond acceptors (Lipinski definition) is 5. The van der Waals surface area contributed by atoms with Crippen molar-refractivity contribution in [3.8, 4) is 5.75 Å². The number of pyridine rings is 1. The second-order valence-electron chi connectivity index (χ2n) is 6.90. The minimum absolute atomic E-state index is 0.0549. The lowest BCUT2D eigenvalue weighted by atomic mass is 10.1. The van der Waals surface area contributed by atoms with Crippen LogP contribution in [-0.4, -0.2) is 34.7 Å². The zero-order chi connectivity index (χ0) is 21.3. The van der Waals surface area contributed by atoms with Crippen LogP contribution in [0.4, 0.5) is 5.82 Å². The summed E-state index contributed by atoms with van der Waals surface area (Å²) in [7, 11) is 1.47. The monoisotopic (exact) mass is 401 g/mol. The lowest BCUT2D eigenvalue weighted by molar-refractivity contribution is 0.0642. The number of aromatic nitrogens is 1. The molecular weight excluding hydrogens is 382 g/mol. The number of nitrogens with one attached hydrogen (secondary N) is 1. The fraction of sp³-hybridized carbons (Fsp3) is 0.130. The molecule has 1 N–H and O–H groups in total. The van der Waals surface area contributed by atoms with Gasteiger partial charge in [-0.05, 0) is 48.9 Å². The van der Waals surface area contributed by atoms with Crippen molar-refractivity contribution in [2.24, 2.45) is 0 Å². The molecule has 4 rings (SSSR count). The lowest BCUT2D eigenvalue weighted by Gasteiger charge is -2.16. The zero-order valence-corrected chi connectivity index (χ0v) is 16.5. The van der Waals surface area contributed by atoms with Gasteiger partial charge in [0.05, 0.1) is 30.3 Å². The van der Waals surface area contributed by atoms with Crippen LogP contribution in [0.2, 0.25) is 0 Å². The van der Waals surface area contributed by atoms with E-state index in [0.29, 0.717) is 28.3 Å². The fourth-order valence-electron chi connectivity index (χ4n) is 3.39. The van der Waals surface area contributed by atoms with E-state index in [1.165, 1.54) is 12.0 Å². The predicted octanol–water partition coefficient (Wildman–Crippen LogP) is 3.45. The van der Waals surface area contributed by atoms with E-state index in [4.69, 9.17) is 4.74 Å². The molecule has 30 heavy (non-hydrogen) atoms. The van der Waals surface area contributed by atoms with Gasteiger partial charge in [0, 0.05) is 5.69 Å². The largest absolute Gasteiger partial charge is 0.496 e. The van der Waals surface area contributed by atoms with Crippen molar-refractivity contribution >= 4 is 23.5 Å². The number of imide groups is 1. The van der Waals surface area contributed by atoms with Gasteiger partial charge in [0.2, 0.25) is 0 Å². The average Bonchev–Trinajstić information content (AvgIpc) is 2.99. The summed E-state index contributed by atoms with van der Waals surface area (Å²) in [5.74, 6) is -0.281. The first kappa shape index (κ1) is 19.3. The van der Waals surface area contributed by atoms with Crippen LogP contribution in [0.25, 0.3) is 0 Å². The summed E-state index contributed by atoms with van der Waals surface area (Å²) < 4.78 is 5.32. The molecule has 0 spiro atoms. The Morgan fingerprint density at radius 2 is 1.70 bits per heavy atom. The number of carbonyl (C=O) groups is 3. The third-order valence-corrected chi connectivity index (χ3v) is 4.86. The number of carbonyl (C=O) groups excluding carboxylic acids is 3. The molecule has 0 aliphatic carbocycles. The van der Waals surface area contributed by atoms with Crippen molar-refractivity contribution in [2.75, 3.05) is 12.4 Å². The number of benzene rings is 2. The van der Waals surface area contributed by atoms with Crippen molar-refractivity contribution in [3.05, 3.63) is 88.6 Å². The van der Waals surface area contributed by atoms with Gasteiger partial charge in [0.25, 0.3) is 17.7 Å². The molecule has 3 amide bonds. The Bertz CT molecular complexity index is 1140. The van der Waals surface area contributed by atoms with Crippen LogP contribution >= 0.6 is 0 Å². The standard InChI is InChI=1S/C23H19N3O4/c1-14-6-5-9-20(24-14)25-21(27)18-12-15(10-11-19(18)30-2)13-26-22(28)16-7-3-4-8-17(16)23(26)29/h3-12H,13H2,1-2H3,(H,24,25,27). The molecule has 0 saturated carbocycles. The normalized spacial score (nSPS) is 12.7. The quantitative estimate of drug-likeness (QED) is 0.662. The smallest absolute Gasteiger partial charge is 0.261 e. The van der Waals surface area contributed by atoms with Gasteiger partial charge in [-0.1, -0.05) is 24.3 Å². The van der Waals surface area contributed by atoms with Crippen LogP contribution in [0.15, 0.2) is 60.7 Å². The predicted molar refractivity (Wildman–Crippen MR) is 111 cm³/mol. The van der Waals surface area contributed by atoms with Crippen LogP contribution in [0.1, 0.15) is 42.3 Å². The fourth-order valence-corrected chi connectivity index (χ4v) is 3.39. The molecule has 7 nitrogen and oxygen atoms in total. The molecule has 2 heterocycles. The number of anilines is 1. The van der Waals surface area contributed by atoms with Crippen molar-refractivity contribution in [2.45, 2.75) is 13.5 Å². The average molecular weight is 401 g/mol. The van der Waals surface area contributed by atoms with Gasteiger partial charge in [0.15, 0.2) is 0 Å². The number of methoxy groups -OCH3 is 1. The number of hydrogen-bond donors (Lipinski definition) is 1. The molecular formula is C23H19N3O4. The second kappa shape index (κ2) is 7.79. The molecule has 1 aromatic heterocycles. The molecule has 0 saturated heterocycles. The topological polar surface area (TPSA) is 88.6 Å². The summed E-state index contributed by atoms with van der Waals surface area (Å²) in [4.78, 5) is 43.5. The molecule has 0 bridgehead atoms. The third-order valence-electron chi connectivity index (χ3n) is 4.86. The van der Waals surface area contributed by atoms with Gasteiger partial charge in [0.1, 0.15) is 11.6 Å². The van der Waals surface area contributed by atoms with Gasteiger partial charge in [-0.25, -0.2) is 4.98 Å². The summed E-state index contributed by atoms with van der Waals surface area (Å²) in [6.07, 6.45) is 0. The Morgan fingerprint density at radius 3 is 2.33 bits per heavy atom. The highest BCUT2D eigenvalue weighted by Gasteiger charge is 2.35. The van der Waals surface area contributed by atoms with Gasteiger partial charge < -0.3 is 10.1 Å². The lowest BCUT2D eigenvalue weighted by Crippen LogP contribution is -2.29. The molecule has 0 atom stereocenters. The Hall–Kier alpha value is -4.00. The number of nitrogens with zero attached hydrogens (tertiary/aromatic N) is 2. The maximum Gasteiger partial charge on any atom is 0.261 e. The van der Waals surface area contributed by atoms with E-state index in [9.17, 15) is 14.4 Å². The minimum Gasteiger partial charge on any atom is -0.496 e. The van der Waals surface area contributed by atoms with E-state index in [0.717, 1.165) is 5.69 Å². The van der Waals surface area contributed by atoms with E-state index in [1.807, 2.05) is 13.0 Å². The number of amides is 3. The van der Waals surface area contributed by atoms with E-state index < -0.39 is 5.91 Å². The summed E-state index contributed by atoms with van der Waals surface area (Å²) in [6, 6.07) is 17.0. The molecule has 1 aliphatic rings. The van der Waals surface area contributed by atoms with Gasteiger partial charge in [-0.3, -0.25) is 19.3 Å². The van der Waals surface area contributed by atoms with E-state index >= 15 is 0 Å². The molecule has 0 unspecified atom stereocenters. The first-order valence-electron chi connectivity index (χ1n) is 9.35. The first-order valence-corrected chi connectivity index (χ1v) is 9.35. The van der Waals surface area contributed by atoms with Gasteiger partial charge in [-0.2, -0.15) is 0 Å². The Kier molecular flexibility index (Phi) is 5.02. The second-order valence-corrected chi connectivity index (χ2v) is 6.90.